The van der Waals surface area contributed by atoms with Crippen molar-refractivity contribution < 1.29 is 14.3 Å². The van der Waals surface area contributed by atoms with Gasteiger partial charge in [0.1, 0.15) is 0 Å². The first-order valence-electron chi connectivity index (χ1n) is 17.1. The van der Waals surface area contributed by atoms with Gasteiger partial charge in [-0.05, 0) is 49.8 Å². The molecule has 258 valence electrons. The maximum Gasteiger partial charge on any atom is 0.220 e. The molecule has 50 heavy (non-hydrogen) atoms. The fraction of sp³-hybridized carbons (Fsp3) is 0.333. The smallest absolute Gasteiger partial charge is 0.220 e. The number of rotatable bonds is 12. The first kappa shape index (κ1) is 34.0. The van der Waals surface area contributed by atoms with Crippen LogP contribution in [0.4, 0.5) is 0 Å². The van der Waals surface area contributed by atoms with Crippen molar-refractivity contribution in [3.63, 3.8) is 0 Å². The van der Waals surface area contributed by atoms with Gasteiger partial charge in [0.2, 0.25) is 17.7 Å². The minimum absolute atomic E-state index is 0.104. The number of nitrogens with one attached hydrogen (secondary N) is 3. The third-order valence-electron chi connectivity index (χ3n) is 9.78. The van der Waals surface area contributed by atoms with E-state index in [0.717, 1.165) is 76.5 Å². The van der Waals surface area contributed by atoms with E-state index in [4.69, 9.17) is 37.9 Å². The zero-order valence-corrected chi connectivity index (χ0v) is 29.7. The van der Waals surface area contributed by atoms with Gasteiger partial charge in [0, 0.05) is 90.8 Å². The van der Waals surface area contributed by atoms with Gasteiger partial charge in [-0.15, -0.1) is 0 Å². The lowest BCUT2D eigenvalue weighted by molar-refractivity contribution is -0.120. The Morgan fingerprint density at radius 1 is 0.900 bits per heavy atom. The molecular weight excluding hydrogens is 671 g/mol. The molecule has 9 nitrogen and oxygen atoms in total. The van der Waals surface area contributed by atoms with Crippen LogP contribution in [0.1, 0.15) is 49.7 Å². The molecule has 2 fully saturated rings. The Bertz CT molecular complexity index is 2080. The molecule has 2 aromatic carbocycles. The van der Waals surface area contributed by atoms with Crippen molar-refractivity contribution in [3.05, 3.63) is 88.2 Å². The van der Waals surface area contributed by atoms with Gasteiger partial charge >= 0.3 is 0 Å². The zero-order chi connectivity index (χ0) is 34.8. The summed E-state index contributed by atoms with van der Waals surface area (Å²) in [5.74, 6) is 0.779. The number of methoxy groups -OCH3 is 1. The maximum absolute atomic E-state index is 11.6. The Morgan fingerprint density at radius 2 is 1.58 bits per heavy atom. The first-order chi connectivity index (χ1) is 24.3. The van der Waals surface area contributed by atoms with Crippen molar-refractivity contribution >= 4 is 46.0 Å². The Hall–Kier alpha value is -4.44. The van der Waals surface area contributed by atoms with Crippen LogP contribution in [0.5, 0.6) is 5.88 Å². The van der Waals surface area contributed by atoms with Crippen LogP contribution in [-0.4, -0.2) is 52.1 Å². The second kappa shape index (κ2) is 14.8. The van der Waals surface area contributed by atoms with E-state index in [-0.39, 0.29) is 23.9 Å². The Morgan fingerprint density at radius 3 is 2.28 bits per heavy atom. The van der Waals surface area contributed by atoms with Crippen molar-refractivity contribution in [2.45, 2.75) is 63.6 Å². The van der Waals surface area contributed by atoms with Crippen LogP contribution in [0.2, 0.25) is 10.0 Å². The Kier molecular flexibility index (Phi) is 10.1. The molecule has 5 aromatic rings. The largest absolute Gasteiger partial charge is 0.481 e. The average molecular weight is 712 g/mol. The molecule has 0 saturated carbocycles. The minimum Gasteiger partial charge on any atom is -0.481 e. The Balaban J connectivity index is 1.11. The summed E-state index contributed by atoms with van der Waals surface area (Å²) in [7, 11) is 3.65. The quantitative estimate of drug-likeness (QED) is 0.126. The van der Waals surface area contributed by atoms with Gasteiger partial charge in [-0.1, -0.05) is 65.7 Å². The predicted octanol–water partition coefficient (Wildman–Crippen LogP) is 7.25. The molecule has 7 rings (SSSR count). The van der Waals surface area contributed by atoms with Crippen molar-refractivity contribution in [1.82, 2.24) is 30.5 Å². The van der Waals surface area contributed by atoms with Gasteiger partial charge in [0.15, 0.2) is 0 Å². The number of nitrogens with zero attached hydrogens (tertiary/aromatic N) is 3. The van der Waals surface area contributed by atoms with Crippen LogP contribution in [0.25, 0.3) is 44.5 Å². The number of halogens is 2. The van der Waals surface area contributed by atoms with Gasteiger partial charge in [-0.25, -0.2) is 4.98 Å². The lowest BCUT2D eigenvalue weighted by Gasteiger charge is -2.16. The number of carbonyl (C=O) groups is 2. The van der Waals surface area contributed by atoms with Gasteiger partial charge < -0.3 is 25.3 Å². The van der Waals surface area contributed by atoms with Crippen LogP contribution in [0.15, 0.2) is 67.0 Å². The number of pyridine rings is 2. The lowest BCUT2D eigenvalue weighted by atomic mass is 9.97. The van der Waals surface area contributed by atoms with E-state index >= 15 is 0 Å². The maximum atomic E-state index is 11.6. The molecule has 0 aliphatic carbocycles. The number of amides is 2. The summed E-state index contributed by atoms with van der Waals surface area (Å²) in [5, 5.41) is 10.6. The van der Waals surface area contributed by atoms with E-state index in [1.807, 2.05) is 61.8 Å². The van der Waals surface area contributed by atoms with Crippen molar-refractivity contribution in [2.75, 3.05) is 13.7 Å². The van der Waals surface area contributed by atoms with Crippen molar-refractivity contribution in [1.29, 1.82) is 0 Å². The van der Waals surface area contributed by atoms with Gasteiger partial charge in [-0.3, -0.25) is 14.6 Å². The molecule has 2 aliphatic heterocycles. The molecule has 11 heteroatoms. The highest BCUT2D eigenvalue weighted by molar-refractivity contribution is 6.39. The molecule has 3 N–H and O–H groups in total. The molecule has 2 atom stereocenters. The fourth-order valence-electron chi connectivity index (χ4n) is 7.14. The van der Waals surface area contributed by atoms with Gasteiger partial charge in [0.05, 0.1) is 33.9 Å². The van der Waals surface area contributed by atoms with E-state index in [1.54, 1.807) is 7.11 Å². The van der Waals surface area contributed by atoms with E-state index in [0.29, 0.717) is 47.6 Å². The zero-order valence-electron chi connectivity index (χ0n) is 28.2. The molecule has 0 bridgehead atoms. The molecule has 0 radical (unpaired) electrons. The molecule has 3 aromatic heterocycles. The number of hydrogen-bond acceptors (Lipinski definition) is 6. The third-order valence-corrected chi connectivity index (χ3v) is 10.6. The minimum atomic E-state index is 0.104. The number of hydrogen-bond donors (Lipinski definition) is 3. The summed E-state index contributed by atoms with van der Waals surface area (Å²) >= 11 is 14.3. The van der Waals surface area contributed by atoms with Crippen molar-refractivity contribution in [2.24, 2.45) is 7.05 Å². The highest BCUT2D eigenvalue weighted by atomic mass is 35.5. The van der Waals surface area contributed by atoms with Crippen molar-refractivity contribution in [3.8, 4) is 39.4 Å². The van der Waals surface area contributed by atoms with Crippen LogP contribution in [-0.2, 0) is 29.6 Å². The highest BCUT2D eigenvalue weighted by Gasteiger charge is 2.22. The third kappa shape index (κ3) is 7.08. The number of fused-ring (bicyclic) bond motifs is 1. The summed E-state index contributed by atoms with van der Waals surface area (Å²) in [5.41, 5.74) is 9.01. The number of carbonyl (C=O) groups excluding carboxylic acids is 2. The predicted molar refractivity (Wildman–Crippen MR) is 198 cm³/mol. The highest BCUT2D eigenvalue weighted by Crippen LogP contribution is 2.42. The van der Waals surface area contributed by atoms with E-state index in [1.165, 1.54) is 5.56 Å². The number of ether oxygens (including phenoxy) is 1. The molecular formula is C39H40Cl2N6O3. The van der Waals surface area contributed by atoms with Crippen LogP contribution in [0.3, 0.4) is 0 Å². The molecule has 2 amide bonds. The standard InChI is InChI=1S/C39H40Cl2N6O3/c1-47-22-24(6-3-7-26-13-16-34(48)44-26)38-33(47)18-25(20-43-38)28-8-4-9-29(36(28)40)30-10-5-11-31(37(30)41)32-15-12-23(39(46-32)50-2)19-42-21-27-14-17-35(49)45-27/h4-5,8-12,15,18,20,22,26-27,42H,3,6-7,13-14,16-17,19,21H2,1-2H3,(H,44,48)(H,45,49)/t26-,27+/m1/s1. The molecule has 2 saturated heterocycles. The second-order valence-corrected chi connectivity index (χ2v) is 13.9. The topological polar surface area (TPSA) is 110 Å². The van der Waals surface area contributed by atoms with Crippen LogP contribution in [0, 0.1) is 0 Å². The summed E-state index contributed by atoms with van der Waals surface area (Å²) < 4.78 is 7.78. The van der Waals surface area contributed by atoms with Gasteiger partial charge in [0.25, 0.3) is 0 Å². The second-order valence-electron chi connectivity index (χ2n) is 13.2. The Labute approximate surface area is 301 Å². The van der Waals surface area contributed by atoms with Crippen LogP contribution >= 0.6 is 23.2 Å². The van der Waals surface area contributed by atoms with E-state index in [2.05, 4.69) is 32.8 Å². The van der Waals surface area contributed by atoms with Gasteiger partial charge in [-0.2, -0.15) is 0 Å². The summed E-state index contributed by atoms with van der Waals surface area (Å²) in [4.78, 5) is 32.8. The average Bonchev–Trinajstić information content (AvgIpc) is 3.83. The SMILES string of the molecule is COc1nc(-c2cccc(-c3cccc(-c4cnc5c(CCC[C@@H]6CCC(=O)N6)cn(C)c5c4)c3Cl)c2Cl)ccc1CNC[C@@H]1CCC(=O)N1. The first-order valence-corrected chi connectivity index (χ1v) is 17.9. The molecule has 2 aliphatic rings. The van der Waals surface area contributed by atoms with Crippen LogP contribution < -0.4 is 20.7 Å². The van der Waals surface area contributed by atoms with E-state index in [9.17, 15) is 9.59 Å². The number of benzene rings is 2. The molecule has 0 unspecified atom stereocenters. The number of aryl methyl sites for hydroxylation is 2. The fourth-order valence-corrected chi connectivity index (χ4v) is 7.80. The van der Waals surface area contributed by atoms with E-state index < -0.39 is 0 Å². The monoisotopic (exact) mass is 710 g/mol. The number of aromatic nitrogens is 3. The normalized spacial score (nSPS) is 17.4. The summed E-state index contributed by atoms with van der Waals surface area (Å²) in [6.45, 7) is 1.24. The summed E-state index contributed by atoms with van der Waals surface area (Å²) in [6, 6.07) is 18.4. The molecule has 5 heterocycles. The summed E-state index contributed by atoms with van der Waals surface area (Å²) in [6.07, 6.45) is 9.89. The molecule has 0 spiro atoms. The lowest BCUT2D eigenvalue weighted by Crippen LogP contribution is -2.35.